The van der Waals surface area contributed by atoms with E-state index in [0.29, 0.717) is 6.42 Å². The van der Waals surface area contributed by atoms with Crippen LogP contribution < -0.4 is 5.32 Å². The molecule has 0 saturated heterocycles. The molecule has 2 aromatic carbocycles. The van der Waals surface area contributed by atoms with Crippen molar-refractivity contribution in [1.29, 1.82) is 0 Å². The fourth-order valence-corrected chi connectivity index (χ4v) is 1.99. The lowest BCUT2D eigenvalue weighted by Gasteiger charge is -2.25. The van der Waals surface area contributed by atoms with Crippen molar-refractivity contribution < 1.29 is 9.53 Å². The molecule has 1 unspecified atom stereocenters. The quantitative estimate of drug-likeness (QED) is 0.909. The van der Waals surface area contributed by atoms with Gasteiger partial charge in [0, 0.05) is 18.2 Å². The number of hydrogen-bond donors (Lipinski definition) is 1. The van der Waals surface area contributed by atoms with Gasteiger partial charge >= 0.3 is 0 Å². The number of anilines is 1. The van der Waals surface area contributed by atoms with Gasteiger partial charge < -0.3 is 10.1 Å². The highest BCUT2D eigenvalue weighted by Crippen LogP contribution is 2.25. The van der Waals surface area contributed by atoms with Crippen LogP contribution in [0.5, 0.6) is 0 Å². The number of nitrogens with one attached hydrogen (secondary N) is 1. The Morgan fingerprint density at radius 3 is 2.58 bits per heavy atom. The molecule has 1 N–H and O–H groups in total. The summed E-state index contributed by atoms with van der Waals surface area (Å²) in [7, 11) is 1.56. The molecule has 100 valence electrons. The van der Waals surface area contributed by atoms with E-state index in [1.165, 1.54) is 0 Å². The minimum Gasteiger partial charge on any atom is -0.369 e. The second-order valence-corrected chi connectivity index (χ2v) is 4.77. The van der Waals surface area contributed by atoms with E-state index in [0.717, 1.165) is 16.5 Å². The molecule has 0 heterocycles. The Morgan fingerprint density at radius 1 is 1.21 bits per heavy atom. The van der Waals surface area contributed by atoms with Gasteiger partial charge in [-0.1, -0.05) is 43.3 Å². The topological polar surface area (TPSA) is 38.3 Å². The number of carbonyl (C=O) groups excluding carboxylic acids is 1. The summed E-state index contributed by atoms with van der Waals surface area (Å²) in [6, 6.07) is 13.9. The third-order valence-electron chi connectivity index (χ3n) is 3.64. The molecule has 3 heteroatoms. The fraction of sp³-hybridized carbons (Fsp3) is 0.312. The maximum Gasteiger partial charge on any atom is 0.256 e. The highest BCUT2D eigenvalue weighted by atomic mass is 16.5. The van der Waals surface area contributed by atoms with Crippen LogP contribution in [0, 0.1) is 0 Å². The molecular weight excluding hydrogens is 238 g/mol. The molecule has 0 radical (unpaired) electrons. The van der Waals surface area contributed by atoms with Crippen LogP contribution in [0.3, 0.4) is 0 Å². The van der Waals surface area contributed by atoms with Gasteiger partial charge in [0.1, 0.15) is 5.60 Å². The van der Waals surface area contributed by atoms with Gasteiger partial charge in [0.25, 0.3) is 5.91 Å². The summed E-state index contributed by atoms with van der Waals surface area (Å²) in [6.45, 7) is 3.74. The van der Waals surface area contributed by atoms with Crippen molar-refractivity contribution in [2.75, 3.05) is 12.4 Å². The standard InChI is InChI=1S/C16H19NO2/c1-4-16(2,19-3)15(18)17-14-11-7-9-12-8-5-6-10-13(12)14/h5-11H,4H2,1-3H3,(H,17,18). The normalized spacial score (nSPS) is 14.1. The summed E-state index contributed by atoms with van der Waals surface area (Å²) >= 11 is 0. The highest BCUT2D eigenvalue weighted by molar-refractivity contribution is 6.04. The van der Waals surface area contributed by atoms with E-state index < -0.39 is 5.60 Å². The fourth-order valence-electron chi connectivity index (χ4n) is 1.99. The summed E-state index contributed by atoms with van der Waals surface area (Å²) in [6.07, 6.45) is 0.625. The highest BCUT2D eigenvalue weighted by Gasteiger charge is 2.31. The predicted octanol–water partition coefficient (Wildman–Crippen LogP) is 3.59. The molecule has 0 aliphatic carbocycles. The van der Waals surface area contributed by atoms with E-state index in [4.69, 9.17) is 4.74 Å². The van der Waals surface area contributed by atoms with Crippen molar-refractivity contribution in [3.05, 3.63) is 42.5 Å². The van der Waals surface area contributed by atoms with E-state index in [1.807, 2.05) is 49.4 Å². The number of methoxy groups -OCH3 is 1. The number of carbonyl (C=O) groups is 1. The van der Waals surface area contributed by atoms with Crippen molar-refractivity contribution in [3.8, 4) is 0 Å². The molecule has 0 aromatic heterocycles. The van der Waals surface area contributed by atoms with Gasteiger partial charge in [0.05, 0.1) is 0 Å². The van der Waals surface area contributed by atoms with Crippen LogP contribution in [0.25, 0.3) is 10.8 Å². The molecule has 0 bridgehead atoms. The number of hydrogen-bond acceptors (Lipinski definition) is 2. The molecule has 1 amide bonds. The van der Waals surface area contributed by atoms with Gasteiger partial charge in [-0.05, 0) is 24.8 Å². The summed E-state index contributed by atoms with van der Waals surface area (Å²) in [4.78, 5) is 12.3. The predicted molar refractivity (Wildman–Crippen MR) is 78.3 cm³/mol. The average Bonchev–Trinajstić information content (AvgIpc) is 2.46. The minimum absolute atomic E-state index is 0.117. The Hall–Kier alpha value is -1.87. The molecular formula is C16H19NO2. The molecule has 0 aliphatic rings. The monoisotopic (exact) mass is 257 g/mol. The first-order valence-electron chi connectivity index (χ1n) is 6.45. The van der Waals surface area contributed by atoms with E-state index in [-0.39, 0.29) is 5.91 Å². The molecule has 1 atom stereocenters. The van der Waals surface area contributed by atoms with Crippen LogP contribution in [0.2, 0.25) is 0 Å². The number of fused-ring (bicyclic) bond motifs is 1. The van der Waals surface area contributed by atoms with Gasteiger partial charge in [-0.3, -0.25) is 4.79 Å². The number of benzene rings is 2. The summed E-state index contributed by atoms with van der Waals surface area (Å²) in [5.41, 5.74) is 0.0246. The van der Waals surface area contributed by atoms with Crippen molar-refractivity contribution in [3.63, 3.8) is 0 Å². The minimum atomic E-state index is -0.795. The van der Waals surface area contributed by atoms with E-state index in [9.17, 15) is 4.79 Å². The average molecular weight is 257 g/mol. The number of ether oxygens (including phenoxy) is 1. The Labute approximate surface area is 113 Å². The lowest BCUT2D eigenvalue weighted by atomic mass is 10.0. The zero-order valence-corrected chi connectivity index (χ0v) is 11.6. The van der Waals surface area contributed by atoms with E-state index >= 15 is 0 Å². The Morgan fingerprint density at radius 2 is 1.89 bits per heavy atom. The number of rotatable bonds is 4. The van der Waals surface area contributed by atoms with Crippen molar-refractivity contribution in [1.82, 2.24) is 0 Å². The van der Waals surface area contributed by atoms with Gasteiger partial charge in [0.15, 0.2) is 0 Å². The van der Waals surface area contributed by atoms with E-state index in [2.05, 4.69) is 5.32 Å². The van der Waals surface area contributed by atoms with Crippen molar-refractivity contribution in [2.24, 2.45) is 0 Å². The van der Waals surface area contributed by atoms with Crippen LogP contribution in [0.4, 0.5) is 5.69 Å². The molecule has 2 aromatic rings. The molecule has 0 aliphatic heterocycles. The van der Waals surface area contributed by atoms with Gasteiger partial charge in [-0.15, -0.1) is 0 Å². The Bertz CT molecular complexity index is 583. The third-order valence-corrected chi connectivity index (χ3v) is 3.64. The zero-order valence-electron chi connectivity index (χ0n) is 11.6. The molecule has 2 rings (SSSR count). The second-order valence-electron chi connectivity index (χ2n) is 4.77. The first-order chi connectivity index (χ1) is 9.10. The SMILES string of the molecule is CCC(C)(OC)C(=O)Nc1cccc2ccccc12. The third kappa shape index (κ3) is 2.61. The van der Waals surface area contributed by atoms with Gasteiger partial charge in [0.2, 0.25) is 0 Å². The van der Waals surface area contributed by atoms with Gasteiger partial charge in [-0.25, -0.2) is 0 Å². The van der Waals surface area contributed by atoms with Crippen LogP contribution in [0.1, 0.15) is 20.3 Å². The van der Waals surface area contributed by atoms with Crippen LogP contribution >= 0.6 is 0 Å². The molecule has 3 nitrogen and oxygen atoms in total. The summed E-state index contributed by atoms with van der Waals surface area (Å²) in [5.74, 6) is -0.117. The molecule has 0 fully saturated rings. The van der Waals surface area contributed by atoms with Crippen LogP contribution in [-0.4, -0.2) is 18.6 Å². The second kappa shape index (κ2) is 5.41. The van der Waals surface area contributed by atoms with Crippen LogP contribution in [-0.2, 0) is 9.53 Å². The maximum atomic E-state index is 12.3. The Balaban J connectivity index is 2.34. The first kappa shape index (κ1) is 13.6. The Kier molecular flexibility index (Phi) is 3.86. The van der Waals surface area contributed by atoms with Crippen LogP contribution in [0.15, 0.2) is 42.5 Å². The number of amides is 1. The largest absolute Gasteiger partial charge is 0.369 e. The van der Waals surface area contributed by atoms with Gasteiger partial charge in [-0.2, -0.15) is 0 Å². The molecule has 19 heavy (non-hydrogen) atoms. The lowest BCUT2D eigenvalue weighted by molar-refractivity contribution is -0.136. The summed E-state index contributed by atoms with van der Waals surface area (Å²) in [5, 5.41) is 5.11. The summed E-state index contributed by atoms with van der Waals surface area (Å²) < 4.78 is 5.32. The molecule has 0 saturated carbocycles. The zero-order chi connectivity index (χ0) is 13.9. The first-order valence-corrected chi connectivity index (χ1v) is 6.45. The smallest absolute Gasteiger partial charge is 0.256 e. The van der Waals surface area contributed by atoms with Crippen molar-refractivity contribution >= 4 is 22.4 Å². The van der Waals surface area contributed by atoms with E-state index in [1.54, 1.807) is 14.0 Å². The van der Waals surface area contributed by atoms with Crippen molar-refractivity contribution in [2.45, 2.75) is 25.9 Å². The maximum absolute atomic E-state index is 12.3. The molecule has 0 spiro atoms. The lowest BCUT2D eigenvalue weighted by Crippen LogP contribution is -2.41.